The standard InChI is InChI=1S/C15H18N4O2S/c1-11(14(20)19-5-7-22-8-6-19)17-15(21)18-13-4-2-3-12(9-13)10-16/h2-4,9,11H,5-8H2,1H3,(H2,17,18,21)/t11-/m0/s1. The Hall–Kier alpha value is -2.20. The Balaban J connectivity index is 1.87. The second-order valence-corrected chi connectivity index (χ2v) is 6.18. The number of nitrogens with one attached hydrogen (secondary N) is 2. The molecule has 6 nitrogen and oxygen atoms in total. The summed E-state index contributed by atoms with van der Waals surface area (Å²) in [5, 5.41) is 14.1. The summed E-state index contributed by atoms with van der Waals surface area (Å²) < 4.78 is 0. The molecule has 22 heavy (non-hydrogen) atoms. The lowest BCUT2D eigenvalue weighted by Gasteiger charge is -2.29. The lowest BCUT2D eigenvalue weighted by molar-refractivity contribution is -0.132. The first-order valence-electron chi connectivity index (χ1n) is 7.04. The van der Waals surface area contributed by atoms with E-state index in [2.05, 4.69) is 10.6 Å². The maximum Gasteiger partial charge on any atom is 0.319 e. The highest BCUT2D eigenvalue weighted by Crippen LogP contribution is 2.11. The number of carbonyl (C=O) groups is 2. The molecule has 0 radical (unpaired) electrons. The predicted octanol–water partition coefficient (Wildman–Crippen LogP) is 1.64. The van der Waals surface area contributed by atoms with Gasteiger partial charge in [0.2, 0.25) is 5.91 Å². The smallest absolute Gasteiger partial charge is 0.319 e. The molecule has 1 aliphatic rings. The lowest BCUT2D eigenvalue weighted by atomic mass is 10.2. The van der Waals surface area contributed by atoms with Gasteiger partial charge in [-0.15, -0.1) is 0 Å². The molecule has 1 atom stereocenters. The molecule has 0 spiro atoms. The van der Waals surface area contributed by atoms with Crippen molar-refractivity contribution in [1.82, 2.24) is 10.2 Å². The van der Waals surface area contributed by atoms with Crippen molar-refractivity contribution >= 4 is 29.4 Å². The second-order valence-electron chi connectivity index (χ2n) is 4.95. The fourth-order valence-corrected chi connectivity index (χ4v) is 3.05. The van der Waals surface area contributed by atoms with Crippen LogP contribution in [0.4, 0.5) is 10.5 Å². The molecule has 1 saturated heterocycles. The van der Waals surface area contributed by atoms with Gasteiger partial charge in [0.05, 0.1) is 11.6 Å². The molecular formula is C15H18N4O2S. The molecule has 1 aromatic rings. The van der Waals surface area contributed by atoms with Crippen LogP contribution in [0.1, 0.15) is 12.5 Å². The molecule has 116 valence electrons. The van der Waals surface area contributed by atoms with E-state index in [9.17, 15) is 9.59 Å². The Morgan fingerprint density at radius 2 is 2.09 bits per heavy atom. The van der Waals surface area contributed by atoms with Crippen LogP contribution in [0.3, 0.4) is 0 Å². The van der Waals surface area contributed by atoms with E-state index in [-0.39, 0.29) is 5.91 Å². The minimum atomic E-state index is -0.581. The number of anilines is 1. The SMILES string of the molecule is C[C@H](NC(=O)Nc1cccc(C#N)c1)C(=O)N1CCSCC1. The molecule has 0 saturated carbocycles. The Kier molecular flexibility index (Phi) is 5.67. The highest BCUT2D eigenvalue weighted by molar-refractivity contribution is 7.99. The Morgan fingerprint density at radius 3 is 2.77 bits per heavy atom. The summed E-state index contributed by atoms with van der Waals surface area (Å²) in [5.41, 5.74) is 0.985. The van der Waals surface area contributed by atoms with Gasteiger partial charge in [-0.05, 0) is 25.1 Å². The molecular weight excluding hydrogens is 300 g/mol. The van der Waals surface area contributed by atoms with Gasteiger partial charge in [0, 0.05) is 30.3 Å². The van der Waals surface area contributed by atoms with Crippen LogP contribution in [0.5, 0.6) is 0 Å². The quantitative estimate of drug-likeness (QED) is 0.887. The van der Waals surface area contributed by atoms with Crippen molar-refractivity contribution in [2.75, 3.05) is 29.9 Å². The minimum absolute atomic E-state index is 0.0683. The number of nitriles is 1. The molecule has 0 aromatic heterocycles. The maximum atomic E-state index is 12.2. The highest BCUT2D eigenvalue weighted by Gasteiger charge is 2.23. The van der Waals surface area contributed by atoms with E-state index < -0.39 is 12.1 Å². The van der Waals surface area contributed by atoms with E-state index in [1.165, 1.54) is 0 Å². The van der Waals surface area contributed by atoms with Crippen molar-refractivity contribution in [3.05, 3.63) is 29.8 Å². The number of thioether (sulfide) groups is 1. The van der Waals surface area contributed by atoms with Crippen LogP contribution in [0, 0.1) is 11.3 Å². The largest absolute Gasteiger partial charge is 0.339 e. The third-order valence-electron chi connectivity index (χ3n) is 3.29. The number of nitrogens with zero attached hydrogens (tertiary/aromatic N) is 2. The van der Waals surface area contributed by atoms with Crippen LogP contribution in [-0.2, 0) is 4.79 Å². The number of hydrogen-bond acceptors (Lipinski definition) is 4. The van der Waals surface area contributed by atoms with Crippen LogP contribution in [0.15, 0.2) is 24.3 Å². The van der Waals surface area contributed by atoms with Crippen molar-refractivity contribution in [3.8, 4) is 6.07 Å². The van der Waals surface area contributed by atoms with E-state index >= 15 is 0 Å². The summed E-state index contributed by atoms with van der Waals surface area (Å²) >= 11 is 1.83. The molecule has 0 unspecified atom stereocenters. The average Bonchev–Trinajstić information content (AvgIpc) is 2.55. The van der Waals surface area contributed by atoms with Gasteiger partial charge in [0.25, 0.3) is 0 Å². The first kappa shape index (κ1) is 16.2. The highest BCUT2D eigenvalue weighted by atomic mass is 32.2. The topological polar surface area (TPSA) is 85.2 Å². The van der Waals surface area contributed by atoms with Gasteiger partial charge in [0.15, 0.2) is 0 Å². The summed E-state index contributed by atoms with van der Waals surface area (Å²) in [4.78, 5) is 25.9. The van der Waals surface area contributed by atoms with Gasteiger partial charge in [-0.2, -0.15) is 17.0 Å². The van der Waals surface area contributed by atoms with Gasteiger partial charge < -0.3 is 15.5 Å². The minimum Gasteiger partial charge on any atom is -0.339 e. The number of urea groups is 1. The molecule has 2 rings (SSSR count). The van der Waals surface area contributed by atoms with Crippen LogP contribution < -0.4 is 10.6 Å². The molecule has 1 aliphatic heterocycles. The number of rotatable bonds is 3. The van der Waals surface area contributed by atoms with Gasteiger partial charge in [-0.25, -0.2) is 4.79 Å². The second kappa shape index (κ2) is 7.71. The first-order chi connectivity index (χ1) is 10.6. The van der Waals surface area contributed by atoms with Crippen molar-refractivity contribution < 1.29 is 9.59 Å². The van der Waals surface area contributed by atoms with E-state index in [0.717, 1.165) is 24.6 Å². The number of hydrogen-bond donors (Lipinski definition) is 2. The van der Waals surface area contributed by atoms with Gasteiger partial charge in [-0.3, -0.25) is 4.79 Å². The summed E-state index contributed by atoms with van der Waals surface area (Å²) in [6.45, 7) is 3.12. The van der Waals surface area contributed by atoms with E-state index in [0.29, 0.717) is 11.3 Å². The van der Waals surface area contributed by atoms with Gasteiger partial charge in [-0.1, -0.05) is 6.07 Å². The zero-order valence-corrected chi connectivity index (χ0v) is 13.2. The van der Waals surface area contributed by atoms with Crippen LogP contribution in [0.2, 0.25) is 0 Å². The van der Waals surface area contributed by atoms with Crippen LogP contribution in [0.25, 0.3) is 0 Å². The summed E-state index contributed by atoms with van der Waals surface area (Å²) in [6.07, 6.45) is 0. The van der Waals surface area contributed by atoms with Crippen molar-refractivity contribution in [2.24, 2.45) is 0 Å². The maximum absolute atomic E-state index is 12.2. The molecule has 1 fully saturated rings. The normalized spacial score (nSPS) is 15.5. The third-order valence-corrected chi connectivity index (χ3v) is 4.23. The monoisotopic (exact) mass is 318 g/mol. The Bertz CT molecular complexity index is 593. The van der Waals surface area contributed by atoms with Crippen LogP contribution in [-0.4, -0.2) is 47.5 Å². The van der Waals surface area contributed by atoms with Crippen LogP contribution >= 0.6 is 11.8 Å². The number of carbonyl (C=O) groups excluding carboxylic acids is 2. The summed E-state index contributed by atoms with van der Waals surface area (Å²) in [6, 6.07) is 7.58. The predicted molar refractivity (Wildman–Crippen MR) is 86.7 cm³/mol. The van der Waals surface area contributed by atoms with Crippen molar-refractivity contribution in [2.45, 2.75) is 13.0 Å². The van der Waals surface area contributed by atoms with E-state index in [4.69, 9.17) is 5.26 Å². The Labute approximate surface area is 133 Å². The zero-order chi connectivity index (χ0) is 15.9. The summed E-state index contributed by atoms with van der Waals surface area (Å²) in [5.74, 6) is 1.80. The molecule has 7 heteroatoms. The zero-order valence-electron chi connectivity index (χ0n) is 12.3. The molecule has 0 bridgehead atoms. The molecule has 3 amide bonds. The fraction of sp³-hybridized carbons (Fsp3) is 0.400. The number of benzene rings is 1. The lowest BCUT2D eigenvalue weighted by Crippen LogP contribution is -2.50. The molecule has 1 aromatic carbocycles. The Morgan fingerprint density at radius 1 is 1.36 bits per heavy atom. The fourth-order valence-electron chi connectivity index (χ4n) is 2.15. The van der Waals surface area contributed by atoms with Gasteiger partial charge in [0.1, 0.15) is 6.04 Å². The van der Waals surface area contributed by atoms with E-state index in [1.807, 2.05) is 17.8 Å². The third kappa shape index (κ3) is 4.40. The number of amides is 3. The van der Waals surface area contributed by atoms with E-state index in [1.54, 1.807) is 36.1 Å². The molecule has 1 heterocycles. The molecule has 0 aliphatic carbocycles. The van der Waals surface area contributed by atoms with Crippen molar-refractivity contribution in [3.63, 3.8) is 0 Å². The first-order valence-corrected chi connectivity index (χ1v) is 8.20. The summed E-state index contributed by atoms with van der Waals surface area (Å²) in [7, 11) is 0. The average molecular weight is 318 g/mol. The van der Waals surface area contributed by atoms with Gasteiger partial charge >= 0.3 is 6.03 Å². The van der Waals surface area contributed by atoms with Crippen molar-refractivity contribution in [1.29, 1.82) is 5.26 Å². The molecule has 2 N–H and O–H groups in total.